The maximum Gasteiger partial charge on any atom is 0.312 e. The van der Waals surface area contributed by atoms with Crippen LogP contribution in [0.2, 0.25) is 0 Å². The zero-order chi connectivity index (χ0) is 28.4. The molecule has 2 amide bonds. The number of unbranched alkanes of at least 4 members (excludes halogenated alkanes) is 3. The minimum atomic E-state index is -1.22. The lowest BCUT2D eigenvalue weighted by molar-refractivity contribution is -0.156. The standard InChI is InChI=1S/C31H48N2O6/c1-29(2,3)21-30(4,5)33-18-14-16-31-24(23-22(39-31)15-10-6-9-13-20-38-28(23)37)26(35)32(25(31)27(33)36)17-11-7-8-12-19-34/h10,14-16,22-25,34H,6-9,11-13,17-21H2,1-5H3/b15-10-/t22-,23+,24+,25?,31+/m1/s1. The van der Waals surface area contributed by atoms with Gasteiger partial charge in [0.05, 0.1) is 18.6 Å². The highest BCUT2D eigenvalue weighted by Gasteiger charge is 2.72. The second-order valence-electron chi connectivity index (χ2n) is 13.5. The minimum Gasteiger partial charge on any atom is -0.465 e. The lowest BCUT2D eigenvalue weighted by Gasteiger charge is -2.44. The van der Waals surface area contributed by atoms with E-state index in [1.807, 2.05) is 29.2 Å². The van der Waals surface area contributed by atoms with Gasteiger partial charge in [-0.25, -0.2) is 0 Å². The van der Waals surface area contributed by atoms with Crippen molar-refractivity contribution in [2.75, 3.05) is 26.3 Å². The fourth-order valence-electron chi connectivity index (χ4n) is 7.34. The number of hydrogen-bond acceptors (Lipinski definition) is 6. The Morgan fingerprint density at radius 3 is 2.46 bits per heavy atom. The zero-order valence-electron chi connectivity index (χ0n) is 24.5. The van der Waals surface area contributed by atoms with Gasteiger partial charge in [0.1, 0.15) is 17.6 Å². The summed E-state index contributed by atoms with van der Waals surface area (Å²) in [7, 11) is 0. The number of aliphatic hydroxyl groups excluding tert-OH is 1. The van der Waals surface area contributed by atoms with Gasteiger partial charge in [0.25, 0.3) is 0 Å². The zero-order valence-corrected chi connectivity index (χ0v) is 24.5. The van der Waals surface area contributed by atoms with Crippen LogP contribution >= 0.6 is 0 Å². The number of cyclic esters (lactones) is 1. The van der Waals surface area contributed by atoms with Crippen LogP contribution in [0.25, 0.3) is 0 Å². The largest absolute Gasteiger partial charge is 0.465 e. The van der Waals surface area contributed by atoms with E-state index in [4.69, 9.17) is 14.6 Å². The first-order chi connectivity index (χ1) is 18.4. The van der Waals surface area contributed by atoms with Crippen LogP contribution in [0.4, 0.5) is 0 Å². The number of esters is 1. The first kappa shape index (κ1) is 29.8. The predicted molar refractivity (Wildman–Crippen MR) is 149 cm³/mol. The Kier molecular flexibility index (Phi) is 8.96. The van der Waals surface area contributed by atoms with E-state index in [2.05, 4.69) is 34.6 Å². The van der Waals surface area contributed by atoms with Crippen LogP contribution in [0.1, 0.15) is 86.0 Å². The molecule has 8 nitrogen and oxygen atoms in total. The van der Waals surface area contributed by atoms with Gasteiger partial charge in [-0.05, 0) is 57.8 Å². The Morgan fingerprint density at radius 2 is 1.74 bits per heavy atom. The van der Waals surface area contributed by atoms with Gasteiger partial charge >= 0.3 is 5.97 Å². The van der Waals surface area contributed by atoms with E-state index >= 15 is 0 Å². The molecule has 5 atom stereocenters. The number of rotatable bonds is 8. The van der Waals surface area contributed by atoms with E-state index in [1.54, 1.807) is 4.90 Å². The Hall–Kier alpha value is -2.19. The molecule has 2 saturated heterocycles. The van der Waals surface area contributed by atoms with Gasteiger partial charge < -0.3 is 24.4 Å². The monoisotopic (exact) mass is 544 g/mol. The molecule has 4 heterocycles. The van der Waals surface area contributed by atoms with Crippen molar-refractivity contribution in [2.45, 2.75) is 109 Å². The first-order valence-electron chi connectivity index (χ1n) is 14.8. The highest BCUT2D eigenvalue weighted by Crippen LogP contribution is 2.53. The smallest absolute Gasteiger partial charge is 0.312 e. The average molecular weight is 545 g/mol. The lowest BCUT2D eigenvalue weighted by Crippen LogP contribution is -2.59. The first-order valence-corrected chi connectivity index (χ1v) is 14.8. The van der Waals surface area contributed by atoms with Crippen LogP contribution in [0.5, 0.6) is 0 Å². The second kappa shape index (κ2) is 11.7. The van der Waals surface area contributed by atoms with Gasteiger partial charge in [-0.3, -0.25) is 14.4 Å². The SMILES string of the molecule is CC(C)(C)CC(C)(C)N1CC=C[C@]23O[C@@H]4/C=C\CCCCOC(=O)[C@@H]4[C@H]2C(=O)N(CCCCCCO)C3C1=O. The molecular formula is C31H48N2O6. The van der Waals surface area contributed by atoms with Crippen LogP contribution in [0.15, 0.2) is 24.3 Å². The Morgan fingerprint density at radius 1 is 1.00 bits per heavy atom. The summed E-state index contributed by atoms with van der Waals surface area (Å²) in [6, 6.07) is -0.843. The number of allylic oxidation sites excluding steroid dienone is 1. The van der Waals surface area contributed by atoms with Gasteiger partial charge in [0.15, 0.2) is 0 Å². The van der Waals surface area contributed by atoms with E-state index in [0.29, 0.717) is 32.5 Å². The van der Waals surface area contributed by atoms with Crippen LogP contribution in [0, 0.1) is 17.3 Å². The molecule has 8 heteroatoms. The molecule has 1 spiro atoms. The molecule has 0 aromatic heterocycles. The molecular weight excluding hydrogens is 496 g/mol. The van der Waals surface area contributed by atoms with Crippen molar-refractivity contribution < 1.29 is 29.0 Å². The number of likely N-dealkylation sites (tertiary alicyclic amines) is 1. The summed E-state index contributed by atoms with van der Waals surface area (Å²) < 4.78 is 12.4. The third-order valence-electron chi connectivity index (χ3n) is 8.60. The molecule has 2 fully saturated rings. The quantitative estimate of drug-likeness (QED) is 0.282. The number of ether oxygens (including phenoxy) is 2. The van der Waals surface area contributed by atoms with Crippen molar-refractivity contribution in [1.82, 2.24) is 9.80 Å². The second-order valence-corrected chi connectivity index (χ2v) is 13.5. The number of hydrogen-bond donors (Lipinski definition) is 1. The molecule has 39 heavy (non-hydrogen) atoms. The number of amides is 2. The summed E-state index contributed by atoms with van der Waals surface area (Å²) in [5.41, 5.74) is -1.68. The van der Waals surface area contributed by atoms with E-state index in [1.165, 1.54) is 0 Å². The third-order valence-corrected chi connectivity index (χ3v) is 8.60. The average Bonchev–Trinajstić information content (AvgIpc) is 3.22. The number of fused-ring (bicyclic) bond motifs is 2. The number of carbonyl (C=O) groups is 3. The van der Waals surface area contributed by atoms with Crippen molar-refractivity contribution in [1.29, 1.82) is 0 Å². The molecule has 0 saturated carbocycles. The number of aliphatic hydroxyl groups is 1. The molecule has 4 aliphatic heterocycles. The van der Waals surface area contributed by atoms with Gasteiger partial charge in [0.2, 0.25) is 11.8 Å². The normalized spacial score (nSPS) is 32.4. The fourth-order valence-corrected chi connectivity index (χ4v) is 7.34. The van der Waals surface area contributed by atoms with Gasteiger partial charge in [0, 0.05) is 25.2 Å². The number of nitrogens with zero attached hydrogens (tertiary/aromatic N) is 2. The molecule has 1 N–H and O–H groups in total. The van der Waals surface area contributed by atoms with Crippen molar-refractivity contribution in [3.63, 3.8) is 0 Å². The Balaban J connectivity index is 1.74. The van der Waals surface area contributed by atoms with Gasteiger partial charge in [-0.15, -0.1) is 0 Å². The van der Waals surface area contributed by atoms with Crippen LogP contribution < -0.4 is 0 Å². The molecule has 0 aromatic carbocycles. The van der Waals surface area contributed by atoms with Crippen LogP contribution in [0.3, 0.4) is 0 Å². The number of carbonyl (C=O) groups excluding carboxylic acids is 3. The Bertz CT molecular complexity index is 982. The molecule has 218 valence electrons. The summed E-state index contributed by atoms with van der Waals surface area (Å²) in [5.74, 6) is -2.35. The minimum absolute atomic E-state index is 0.00121. The van der Waals surface area contributed by atoms with E-state index in [9.17, 15) is 14.4 Å². The van der Waals surface area contributed by atoms with Crippen LogP contribution in [-0.2, 0) is 23.9 Å². The fraction of sp³-hybridized carbons (Fsp3) is 0.774. The lowest BCUT2D eigenvalue weighted by atomic mass is 9.77. The third kappa shape index (κ3) is 5.97. The summed E-state index contributed by atoms with van der Waals surface area (Å²) in [4.78, 5) is 45.8. The van der Waals surface area contributed by atoms with E-state index in [-0.39, 0.29) is 23.8 Å². The summed E-state index contributed by atoms with van der Waals surface area (Å²) >= 11 is 0. The molecule has 1 unspecified atom stereocenters. The topological polar surface area (TPSA) is 96.4 Å². The molecule has 0 bridgehead atoms. The predicted octanol–water partition coefficient (Wildman–Crippen LogP) is 4.02. The highest BCUT2D eigenvalue weighted by atomic mass is 16.6. The van der Waals surface area contributed by atoms with E-state index < -0.39 is 41.1 Å². The Labute approximate surface area is 233 Å². The summed E-state index contributed by atoms with van der Waals surface area (Å²) in [6.07, 6.45) is 13.6. The maximum absolute atomic E-state index is 14.6. The molecule has 4 aliphatic rings. The summed E-state index contributed by atoms with van der Waals surface area (Å²) in [6.45, 7) is 12.0. The van der Waals surface area contributed by atoms with Gasteiger partial charge in [-0.2, -0.15) is 0 Å². The molecule has 0 aliphatic carbocycles. The van der Waals surface area contributed by atoms with Crippen molar-refractivity contribution in [3.05, 3.63) is 24.3 Å². The van der Waals surface area contributed by atoms with E-state index in [0.717, 1.165) is 38.5 Å². The highest BCUT2D eigenvalue weighted by molar-refractivity contribution is 5.99. The van der Waals surface area contributed by atoms with Crippen molar-refractivity contribution >= 4 is 17.8 Å². The summed E-state index contributed by atoms with van der Waals surface area (Å²) in [5, 5.41) is 9.16. The van der Waals surface area contributed by atoms with Gasteiger partial charge in [-0.1, -0.05) is 57.9 Å². The maximum atomic E-state index is 14.6. The molecule has 0 aromatic rings. The van der Waals surface area contributed by atoms with Crippen molar-refractivity contribution in [2.24, 2.45) is 17.3 Å². The molecule has 4 rings (SSSR count). The van der Waals surface area contributed by atoms with Crippen LogP contribution in [-0.4, -0.2) is 82.3 Å². The van der Waals surface area contributed by atoms with Crippen molar-refractivity contribution in [3.8, 4) is 0 Å². The molecule has 0 radical (unpaired) electrons.